The average molecular weight is 272 g/mol. The summed E-state index contributed by atoms with van der Waals surface area (Å²) in [6.07, 6.45) is 0.978. The van der Waals surface area contributed by atoms with Gasteiger partial charge in [0, 0.05) is 24.8 Å². The van der Waals surface area contributed by atoms with Crippen LogP contribution in [0, 0.1) is 15.9 Å². The van der Waals surface area contributed by atoms with Gasteiger partial charge in [0.2, 0.25) is 5.82 Å². The van der Waals surface area contributed by atoms with Gasteiger partial charge in [-0.15, -0.1) is 0 Å². The molecule has 1 aliphatic heterocycles. The van der Waals surface area contributed by atoms with Crippen molar-refractivity contribution in [3.8, 4) is 0 Å². The van der Waals surface area contributed by atoms with E-state index in [-0.39, 0.29) is 0 Å². The van der Waals surface area contributed by atoms with Crippen LogP contribution in [0.4, 0.5) is 15.8 Å². The zero-order valence-corrected chi connectivity index (χ0v) is 10.8. The molecule has 1 heterocycles. The number of para-hydroxylation sites is 1. The fourth-order valence-corrected chi connectivity index (χ4v) is 2.59. The Kier molecular flexibility index (Phi) is 3.10. The van der Waals surface area contributed by atoms with Crippen molar-refractivity contribution in [1.82, 2.24) is 0 Å². The van der Waals surface area contributed by atoms with Gasteiger partial charge in [0.15, 0.2) is 0 Å². The maximum absolute atomic E-state index is 13.6. The fourth-order valence-electron chi connectivity index (χ4n) is 2.59. The molecule has 2 aromatic rings. The van der Waals surface area contributed by atoms with E-state index in [0.717, 1.165) is 24.2 Å². The fraction of sp³-hybridized carbons (Fsp3) is 0.200. The van der Waals surface area contributed by atoms with Crippen LogP contribution in [0.5, 0.6) is 0 Å². The molecule has 0 unspecified atom stereocenters. The van der Waals surface area contributed by atoms with Crippen molar-refractivity contribution in [2.24, 2.45) is 0 Å². The second-order valence-corrected chi connectivity index (χ2v) is 4.84. The van der Waals surface area contributed by atoms with Crippen LogP contribution in [0.1, 0.15) is 11.1 Å². The smallest absolute Gasteiger partial charge is 0.304 e. The summed E-state index contributed by atoms with van der Waals surface area (Å²) >= 11 is 0. The molecule has 102 valence electrons. The highest BCUT2D eigenvalue weighted by Crippen LogP contribution is 2.29. The van der Waals surface area contributed by atoms with Crippen molar-refractivity contribution in [2.45, 2.75) is 13.0 Å². The summed E-state index contributed by atoms with van der Waals surface area (Å²) in [4.78, 5) is 12.1. The molecular weight excluding hydrogens is 259 g/mol. The number of nitrogens with zero attached hydrogens (tertiary/aromatic N) is 2. The number of nitro groups is 1. The SMILES string of the molecule is O=[N+]([O-])c1ccc(CN2CCc3ccccc32)cc1F. The van der Waals surface area contributed by atoms with Crippen LogP contribution >= 0.6 is 0 Å². The highest BCUT2D eigenvalue weighted by molar-refractivity contribution is 5.58. The number of benzene rings is 2. The molecule has 0 aliphatic carbocycles. The van der Waals surface area contributed by atoms with Crippen LogP contribution < -0.4 is 4.90 Å². The largest absolute Gasteiger partial charge is 0.367 e. The van der Waals surface area contributed by atoms with Gasteiger partial charge < -0.3 is 4.90 Å². The van der Waals surface area contributed by atoms with E-state index < -0.39 is 16.4 Å². The molecule has 1 aliphatic rings. The van der Waals surface area contributed by atoms with Gasteiger partial charge in [0.25, 0.3) is 0 Å². The Labute approximate surface area is 115 Å². The van der Waals surface area contributed by atoms with Gasteiger partial charge in [-0.2, -0.15) is 4.39 Å². The summed E-state index contributed by atoms with van der Waals surface area (Å²) < 4.78 is 13.6. The van der Waals surface area contributed by atoms with Gasteiger partial charge in [-0.1, -0.05) is 24.3 Å². The van der Waals surface area contributed by atoms with E-state index in [1.165, 1.54) is 17.7 Å². The van der Waals surface area contributed by atoms with Crippen LogP contribution in [-0.4, -0.2) is 11.5 Å². The van der Waals surface area contributed by atoms with Crippen LogP contribution in [-0.2, 0) is 13.0 Å². The lowest BCUT2D eigenvalue weighted by atomic mass is 10.1. The van der Waals surface area contributed by atoms with Crippen molar-refractivity contribution in [1.29, 1.82) is 0 Å². The van der Waals surface area contributed by atoms with Crippen molar-refractivity contribution >= 4 is 11.4 Å². The maximum atomic E-state index is 13.6. The predicted octanol–water partition coefficient (Wildman–Crippen LogP) is 3.30. The third-order valence-corrected chi connectivity index (χ3v) is 3.57. The third kappa shape index (κ3) is 2.22. The van der Waals surface area contributed by atoms with Gasteiger partial charge in [0.1, 0.15) is 0 Å². The molecule has 0 bridgehead atoms. The summed E-state index contributed by atoms with van der Waals surface area (Å²) in [5.74, 6) is -0.778. The Morgan fingerprint density at radius 3 is 2.80 bits per heavy atom. The molecule has 3 rings (SSSR count). The Bertz CT molecular complexity index is 673. The van der Waals surface area contributed by atoms with Crippen molar-refractivity contribution < 1.29 is 9.31 Å². The number of nitro benzene ring substituents is 1. The molecule has 0 N–H and O–H groups in total. The molecular formula is C15H13FN2O2. The first-order valence-corrected chi connectivity index (χ1v) is 6.41. The lowest BCUT2D eigenvalue weighted by molar-refractivity contribution is -0.387. The molecule has 0 aromatic heterocycles. The number of halogens is 1. The maximum Gasteiger partial charge on any atom is 0.304 e. The highest BCUT2D eigenvalue weighted by atomic mass is 19.1. The summed E-state index contributed by atoms with van der Waals surface area (Å²) in [6.45, 7) is 1.45. The number of rotatable bonds is 3. The number of hydrogen-bond donors (Lipinski definition) is 0. The third-order valence-electron chi connectivity index (χ3n) is 3.57. The summed E-state index contributed by atoms with van der Waals surface area (Å²) in [5.41, 5.74) is 2.71. The van der Waals surface area contributed by atoms with Crippen LogP contribution in [0.2, 0.25) is 0 Å². The zero-order valence-electron chi connectivity index (χ0n) is 10.8. The van der Waals surface area contributed by atoms with Crippen LogP contribution in [0.25, 0.3) is 0 Å². The van der Waals surface area contributed by atoms with Crippen LogP contribution in [0.3, 0.4) is 0 Å². The van der Waals surface area contributed by atoms with Gasteiger partial charge in [-0.3, -0.25) is 10.1 Å². The molecule has 0 radical (unpaired) electrons. The standard InChI is InChI=1S/C15H13FN2O2/c16-13-9-11(5-6-15(13)18(19)20)10-17-8-7-12-3-1-2-4-14(12)17/h1-6,9H,7-8,10H2. The molecule has 0 atom stereocenters. The Hall–Kier alpha value is -2.43. The summed E-state index contributed by atoms with van der Waals surface area (Å²) in [7, 11) is 0. The molecule has 0 saturated carbocycles. The average Bonchev–Trinajstić information content (AvgIpc) is 2.82. The number of fused-ring (bicyclic) bond motifs is 1. The monoisotopic (exact) mass is 272 g/mol. The van der Waals surface area contributed by atoms with Gasteiger partial charge in [-0.25, -0.2) is 0 Å². The van der Waals surface area contributed by atoms with Crippen LogP contribution in [0.15, 0.2) is 42.5 Å². The molecule has 0 amide bonds. The van der Waals surface area contributed by atoms with Crippen molar-refractivity contribution in [3.63, 3.8) is 0 Å². The van der Waals surface area contributed by atoms with Crippen molar-refractivity contribution in [2.75, 3.05) is 11.4 Å². The topological polar surface area (TPSA) is 46.4 Å². The van der Waals surface area contributed by atoms with E-state index >= 15 is 0 Å². The van der Waals surface area contributed by atoms with E-state index in [2.05, 4.69) is 11.0 Å². The molecule has 2 aromatic carbocycles. The molecule has 5 heteroatoms. The Balaban J connectivity index is 1.83. The second kappa shape index (κ2) is 4.92. The van der Waals surface area contributed by atoms with Gasteiger partial charge in [-0.05, 0) is 29.7 Å². The van der Waals surface area contributed by atoms with Gasteiger partial charge >= 0.3 is 5.69 Å². The molecule has 20 heavy (non-hydrogen) atoms. The first-order valence-electron chi connectivity index (χ1n) is 6.41. The van der Waals surface area contributed by atoms with E-state index in [1.807, 2.05) is 18.2 Å². The molecule has 0 spiro atoms. The Morgan fingerprint density at radius 1 is 1.25 bits per heavy atom. The quantitative estimate of drug-likeness (QED) is 0.636. The first-order chi connectivity index (χ1) is 9.65. The molecule has 0 saturated heterocycles. The van der Waals surface area contributed by atoms with E-state index in [4.69, 9.17) is 0 Å². The summed E-state index contributed by atoms with van der Waals surface area (Å²) in [6, 6.07) is 12.2. The lowest BCUT2D eigenvalue weighted by Crippen LogP contribution is -2.19. The highest BCUT2D eigenvalue weighted by Gasteiger charge is 2.20. The lowest BCUT2D eigenvalue weighted by Gasteiger charge is -2.19. The minimum Gasteiger partial charge on any atom is -0.367 e. The predicted molar refractivity (Wildman–Crippen MR) is 74.3 cm³/mol. The number of hydrogen-bond acceptors (Lipinski definition) is 3. The second-order valence-electron chi connectivity index (χ2n) is 4.84. The molecule has 4 nitrogen and oxygen atoms in total. The molecule has 0 fully saturated rings. The van der Waals surface area contributed by atoms with E-state index in [0.29, 0.717) is 6.54 Å². The Morgan fingerprint density at radius 2 is 2.05 bits per heavy atom. The number of anilines is 1. The summed E-state index contributed by atoms with van der Waals surface area (Å²) in [5, 5.41) is 10.6. The minimum atomic E-state index is -0.778. The first kappa shape index (κ1) is 12.6. The van der Waals surface area contributed by atoms with E-state index in [1.54, 1.807) is 6.07 Å². The zero-order chi connectivity index (χ0) is 14.1. The van der Waals surface area contributed by atoms with E-state index in [9.17, 15) is 14.5 Å². The van der Waals surface area contributed by atoms with Crippen molar-refractivity contribution in [3.05, 3.63) is 69.5 Å². The minimum absolute atomic E-state index is 0.476. The van der Waals surface area contributed by atoms with Gasteiger partial charge in [0.05, 0.1) is 4.92 Å². The normalized spacial score (nSPS) is 13.3.